The van der Waals surface area contributed by atoms with E-state index in [0.29, 0.717) is 18.6 Å². The highest BCUT2D eigenvalue weighted by atomic mass is 16.2. The molecule has 0 radical (unpaired) electrons. The summed E-state index contributed by atoms with van der Waals surface area (Å²) >= 11 is 0. The molecule has 1 saturated heterocycles. The Morgan fingerprint density at radius 1 is 0.938 bits per heavy atom. The first-order valence-corrected chi connectivity index (χ1v) is 6.49. The molecule has 0 aromatic carbocycles. The van der Waals surface area contributed by atoms with Crippen molar-refractivity contribution in [3.05, 3.63) is 0 Å². The largest absolute Gasteiger partial charge is 0.350 e. The van der Waals surface area contributed by atoms with Gasteiger partial charge in [-0.2, -0.15) is 0 Å². The smallest absolute Gasteiger partial charge is 0.220 e. The van der Waals surface area contributed by atoms with Crippen LogP contribution in [0.25, 0.3) is 0 Å². The van der Waals surface area contributed by atoms with Gasteiger partial charge < -0.3 is 5.32 Å². The van der Waals surface area contributed by atoms with E-state index >= 15 is 0 Å². The van der Waals surface area contributed by atoms with Crippen molar-refractivity contribution in [1.82, 2.24) is 5.32 Å². The monoisotopic (exact) mass is 221 g/mol. The van der Waals surface area contributed by atoms with Crippen molar-refractivity contribution >= 4 is 11.7 Å². The Balaban J connectivity index is 2.00. The van der Waals surface area contributed by atoms with E-state index in [1.54, 1.807) is 0 Å². The standard InChI is InChI=1S/C13H19NO2/c15-10-3-7-12-5-1-2-6-13(12,9-10)14-11(16)4-8-12/h1-9H2,(H,14,16)/t12-,13+/m0/s1. The topological polar surface area (TPSA) is 46.2 Å². The molecule has 2 saturated carbocycles. The van der Waals surface area contributed by atoms with Crippen LogP contribution in [0.1, 0.15) is 57.8 Å². The first kappa shape index (κ1) is 10.3. The number of piperidine rings is 1. The molecule has 2 atom stereocenters. The summed E-state index contributed by atoms with van der Waals surface area (Å²) in [5.74, 6) is 0.506. The molecule has 3 aliphatic rings. The minimum absolute atomic E-state index is 0.157. The summed E-state index contributed by atoms with van der Waals surface area (Å²) in [5.41, 5.74) is 0.100. The zero-order valence-electron chi connectivity index (χ0n) is 9.68. The van der Waals surface area contributed by atoms with Crippen LogP contribution in [0.15, 0.2) is 0 Å². The van der Waals surface area contributed by atoms with Crippen molar-refractivity contribution in [2.24, 2.45) is 5.41 Å². The second-order valence-corrected chi connectivity index (χ2v) is 5.83. The molecule has 1 amide bonds. The van der Waals surface area contributed by atoms with Gasteiger partial charge in [-0.05, 0) is 31.1 Å². The van der Waals surface area contributed by atoms with Gasteiger partial charge in [0.25, 0.3) is 0 Å². The highest BCUT2D eigenvalue weighted by Gasteiger charge is 2.57. The molecule has 0 unspecified atom stereocenters. The number of ketones is 1. The van der Waals surface area contributed by atoms with E-state index < -0.39 is 0 Å². The minimum atomic E-state index is -0.157. The Hall–Kier alpha value is -0.860. The van der Waals surface area contributed by atoms with Gasteiger partial charge >= 0.3 is 0 Å². The number of rotatable bonds is 0. The van der Waals surface area contributed by atoms with E-state index in [9.17, 15) is 9.59 Å². The first-order valence-electron chi connectivity index (χ1n) is 6.49. The van der Waals surface area contributed by atoms with Crippen LogP contribution in [0.5, 0.6) is 0 Å². The Labute approximate surface area is 96.0 Å². The van der Waals surface area contributed by atoms with Crippen LogP contribution < -0.4 is 5.32 Å². The SMILES string of the molecule is O=C1CC[C@]23CCCC[C@]2(C1)NC(=O)CC3. The molecule has 1 heterocycles. The normalized spacial score (nSPS) is 43.2. The van der Waals surface area contributed by atoms with Gasteiger partial charge in [0.05, 0.1) is 5.54 Å². The van der Waals surface area contributed by atoms with Gasteiger partial charge in [0.2, 0.25) is 5.91 Å². The molecule has 16 heavy (non-hydrogen) atoms. The van der Waals surface area contributed by atoms with Crippen LogP contribution in [0.4, 0.5) is 0 Å². The predicted octanol–water partition coefficient (Wildman–Crippen LogP) is 1.95. The summed E-state index contributed by atoms with van der Waals surface area (Å²) in [6.45, 7) is 0. The van der Waals surface area contributed by atoms with E-state index in [0.717, 1.165) is 32.1 Å². The number of hydrogen-bond acceptors (Lipinski definition) is 2. The van der Waals surface area contributed by atoms with Crippen LogP contribution in [0.2, 0.25) is 0 Å². The number of carbonyl (C=O) groups excluding carboxylic acids is 2. The highest BCUT2D eigenvalue weighted by molar-refractivity contribution is 5.85. The summed E-state index contributed by atoms with van der Waals surface area (Å²) in [6.07, 6.45) is 8.66. The Kier molecular flexibility index (Phi) is 2.13. The van der Waals surface area contributed by atoms with Crippen LogP contribution in [-0.2, 0) is 9.59 Å². The van der Waals surface area contributed by atoms with Crippen molar-refractivity contribution in [2.75, 3.05) is 0 Å². The summed E-state index contributed by atoms with van der Waals surface area (Å²) in [7, 11) is 0. The van der Waals surface area contributed by atoms with Crippen LogP contribution in [0.3, 0.4) is 0 Å². The molecular formula is C13H19NO2. The third-order valence-electron chi connectivity index (χ3n) is 5.11. The fourth-order valence-electron chi connectivity index (χ4n) is 4.25. The van der Waals surface area contributed by atoms with Crippen molar-refractivity contribution in [1.29, 1.82) is 0 Å². The average molecular weight is 221 g/mol. The molecule has 0 bridgehead atoms. The third-order valence-corrected chi connectivity index (χ3v) is 5.11. The molecule has 0 spiro atoms. The van der Waals surface area contributed by atoms with Crippen molar-refractivity contribution in [2.45, 2.75) is 63.3 Å². The van der Waals surface area contributed by atoms with Crippen molar-refractivity contribution < 1.29 is 9.59 Å². The lowest BCUT2D eigenvalue weighted by Gasteiger charge is -2.59. The summed E-state index contributed by atoms with van der Waals surface area (Å²) in [6, 6.07) is 0. The summed E-state index contributed by atoms with van der Waals surface area (Å²) in [4.78, 5) is 23.4. The third kappa shape index (κ3) is 1.26. The van der Waals surface area contributed by atoms with Crippen LogP contribution in [0, 0.1) is 5.41 Å². The van der Waals surface area contributed by atoms with Gasteiger partial charge in [-0.15, -0.1) is 0 Å². The zero-order chi connectivity index (χ0) is 11.2. The molecule has 3 nitrogen and oxygen atoms in total. The van der Waals surface area contributed by atoms with Gasteiger partial charge in [-0.25, -0.2) is 0 Å². The lowest BCUT2D eigenvalue weighted by molar-refractivity contribution is -0.143. The lowest BCUT2D eigenvalue weighted by atomic mass is 9.51. The fourth-order valence-corrected chi connectivity index (χ4v) is 4.25. The minimum Gasteiger partial charge on any atom is -0.350 e. The lowest BCUT2D eigenvalue weighted by Crippen LogP contribution is -2.67. The first-order chi connectivity index (χ1) is 7.66. The molecule has 1 N–H and O–H groups in total. The van der Waals surface area contributed by atoms with Gasteiger partial charge in [0, 0.05) is 19.3 Å². The van der Waals surface area contributed by atoms with E-state index in [-0.39, 0.29) is 16.9 Å². The molecule has 0 aromatic rings. The van der Waals surface area contributed by atoms with E-state index in [1.807, 2.05) is 0 Å². The Bertz CT molecular complexity index is 326. The number of amides is 1. The number of hydrogen-bond donors (Lipinski definition) is 1. The molecule has 3 fully saturated rings. The Morgan fingerprint density at radius 2 is 1.69 bits per heavy atom. The average Bonchev–Trinajstić information content (AvgIpc) is 2.27. The van der Waals surface area contributed by atoms with Crippen LogP contribution in [-0.4, -0.2) is 17.2 Å². The second-order valence-electron chi connectivity index (χ2n) is 5.83. The number of Topliss-reactive ketones (excluding diaryl/α,β-unsaturated/α-hetero) is 1. The number of carbonyl (C=O) groups is 2. The van der Waals surface area contributed by atoms with Crippen LogP contribution >= 0.6 is 0 Å². The maximum atomic E-state index is 11.7. The van der Waals surface area contributed by atoms with Gasteiger partial charge in [-0.1, -0.05) is 12.8 Å². The Morgan fingerprint density at radius 3 is 2.56 bits per heavy atom. The van der Waals surface area contributed by atoms with E-state index in [1.165, 1.54) is 12.8 Å². The molecular weight excluding hydrogens is 202 g/mol. The fraction of sp³-hybridized carbons (Fsp3) is 0.846. The predicted molar refractivity (Wildman–Crippen MR) is 59.9 cm³/mol. The molecule has 3 rings (SSSR count). The van der Waals surface area contributed by atoms with E-state index in [4.69, 9.17) is 0 Å². The number of nitrogens with one attached hydrogen (secondary N) is 1. The summed E-state index contributed by atoms with van der Waals surface area (Å²) < 4.78 is 0. The van der Waals surface area contributed by atoms with E-state index in [2.05, 4.69) is 5.32 Å². The maximum Gasteiger partial charge on any atom is 0.220 e. The highest BCUT2D eigenvalue weighted by Crippen LogP contribution is 2.56. The molecule has 1 aliphatic heterocycles. The quantitative estimate of drug-likeness (QED) is 0.679. The van der Waals surface area contributed by atoms with Gasteiger partial charge in [-0.3, -0.25) is 9.59 Å². The maximum absolute atomic E-state index is 11.7. The molecule has 3 heteroatoms. The van der Waals surface area contributed by atoms with Crippen molar-refractivity contribution in [3.8, 4) is 0 Å². The molecule has 0 aromatic heterocycles. The second kappa shape index (κ2) is 3.31. The zero-order valence-corrected chi connectivity index (χ0v) is 9.68. The van der Waals surface area contributed by atoms with Crippen molar-refractivity contribution in [3.63, 3.8) is 0 Å². The van der Waals surface area contributed by atoms with Gasteiger partial charge in [0.1, 0.15) is 5.78 Å². The molecule has 2 aliphatic carbocycles. The van der Waals surface area contributed by atoms with Gasteiger partial charge in [0.15, 0.2) is 0 Å². The summed E-state index contributed by atoms with van der Waals surface area (Å²) in [5, 5.41) is 3.20. The molecule has 88 valence electrons.